The quantitative estimate of drug-likeness (QED) is 0.692. The van der Waals surface area contributed by atoms with Crippen LogP contribution in [0, 0.1) is 5.92 Å². The molecule has 1 aromatic rings. The summed E-state index contributed by atoms with van der Waals surface area (Å²) in [4.78, 5) is 21.0. The molecule has 0 aromatic heterocycles. The van der Waals surface area contributed by atoms with Crippen molar-refractivity contribution in [3.05, 3.63) is 35.9 Å². The topological polar surface area (TPSA) is 116 Å². The average molecular weight is 296 g/mol. The van der Waals surface area contributed by atoms with Crippen LogP contribution in [0.2, 0.25) is 0 Å². The number of ether oxygens (including phenoxy) is 1. The highest BCUT2D eigenvalue weighted by atomic mass is 16.5. The summed E-state index contributed by atoms with van der Waals surface area (Å²) in [5.41, 5.74) is 11.7. The number of hydrogen-bond acceptors (Lipinski definition) is 5. The smallest absolute Gasteiger partial charge is 0.322 e. The summed E-state index contributed by atoms with van der Waals surface area (Å²) in [5, 5.41) is 8.52. The van der Waals surface area contributed by atoms with Gasteiger partial charge in [-0.05, 0) is 17.9 Å². The molecule has 0 fully saturated rings. The van der Waals surface area contributed by atoms with Gasteiger partial charge in [-0.2, -0.15) is 0 Å². The summed E-state index contributed by atoms with van der Waals surface area (Å²) < 4.78 is 4.41. The molecule has 5 N–H and O–H groups in total. The van der Waals surface area contributed by atoms with Crippen LogP contribution in [0.3, 0.4) is 0 Å². The van der Waals surface area contributed by atoms with Gasteiger partial charge in [-0.3, -0.25) is 9.59 Å². The molecule has 2 unspecified atom stereocenters. The standard InChI is InChI=1S/C9H11NO2.C6H13NO2/c10-8(9(11)12)6-7-4-2-1-3-5-7;1-4(2)5(7)6(8)9-3/h1-5,8H,6,10H2,(H,11,12);4-5H,7H2,1-3H3. The summed E-state index contributed by atoms with van der Waals surface area (Å²) in [6, 6.07) is 8.07. The van der Waals surface area contributed by atoms with E-state index in [1.165, 1.54) is 7.11 Å². The largest absolute Gasteiger partial charge is 0.480 e. The zero-order chi connectivity index (χ0) is 16.4. The molecule has 6 nitrogen and oxygen atoms in total. The molecule has 6 heteroatoms. The number of methoxy groups -OCH3 is 1. The Morgan fingerprint density at radius 3 is 2.05 bits per heavy atom. The Kier molecular flexibility index (Phi) is 9.00. The second-order valence-corrected chi connectivity index (χ2v) is 4.93. The van der Waals surface area contributed by atoms with Crippen LogP contribution in [0.4, 0.5) is 0 Å². The Hall–Kier alpha value is -1.92. The molecule has 21 heavy (non-hydrogen) atoms. The molecule has 2 atom stereocenters. The highest BCUT2D eigenvalue weighted by Gasteiger charge is 2.16. The normalized spacial score (nSPS) is 12.9. The fourth-order valence-corrected chi connectivity index (χ4v) is 1.36. The van der Waals surface area contributed by atoms with Gasteiger partial charge in [0.1, 0.15) is 12.1 Å². The number of esters is 1. The highest BCUT2D eigenvalue weighted by molar-refractivity contribution is 5.75. The molecule has 0 radical (unpaired) electrons. The van der Waals surface area contributed by atoms with Gasteiger partial charge in [0.15, 0.2) is 0 Å². The van der Waals surface area contributed by atoms with Gasteiger partial charge in [-0.25, -0.2) is 0 Å². The third-order valence-corrected chi connectivity index (χ3v) is 2.81. The van der Waals surface area contributed by atoms with Crippen molar-refractivity contribution in [2.45, 2.75) is 32.4 Å². The molecule has 0 spiro atoms. The van der Waals surface area contributed by atoms with Crippen molar-refractivity contribution >= 4 is 11.9 Å². The van der Waals surface area contributed by atoms with Crippen LogP contribution < -0.4 is 11.5 Å². The van der Waals surface area contributed by atoms with E-state index < -0.39 is 18.1 Å². The predicted molar refractivity (Wildman–Crippen MR) is 80.6 cm³/mol. The van der Waals surface area contributed by atoms with E-state index in [2.05, 4.69) is 4.74 Å². The highest BCUT2D eigenvalue weighted by Crippen LogP contribution is 2.01. The van der Waals surface area contributed by atoms with E-state index in [1.807, 2.05) is 44.2 Å². The molecule has 1 rings (SSSR count). The zero-order valence-electron chi connectivity index (χ0n) is 12.7. The van der Waals surface area contributed by atoms with Crippen LogP contribution in [-0.4, -0.2) is 36.2 Å². The SMILES string of the molecule is COC(=O)C(N)C(C)C.NC(Cc1ccccc1)C(=O)O. The van der Waals surface area contributed by atoms with Gasteiger partial charge >= 0.3 is 11.9 Å². The summed E-state index contributed by atoms with van der Waals surface area (Å²) in [7, 11) is 1.34. The lowest BCUT2D eigenvalue weighted by molar-refractivity contribution is -0.143. The average Bonchev–Trinajstić information content (AvgIpc) is 2.47. The molecule has 0 aliphatic rings. The van der Waals surface area contributed by atoms with Crippen molar-refractivity contribution in [1.82, 2.24) is 0 Å². The Morgan fingerprint density at radius 2 is 1.71 bits per heavy atom. The number of benzene rings is 1. The monoisotopic (exact) mass is 296 g/mol. The first-order valence-corrected chi connectivity index (χ1v) is 6.65. The second-order valence-electron chi connectivity index (χ2n) is 4.93. The minimum atomic E-state index is -0.959. The summed E-state index contributed by atoms with van der Waals surface area (Å²) >= 11 is 0. The van der Waals surface area contributed by atoms with Crippen LogP contribution in [0.15, 0.2) is 30.3 Å². The van der Waals surface area contributed by atoms with E-state index in [0.717, 1.165) is 5.56 Å². The lowest BCUT2D eigenvalue weighted by Gasteiger charge is -2.11. The molecule has 0 saturated heterocycles. The Labute approximate surface area is 125 Å². The maximum Gasteiger partial charge on any atom is 0.322 e. The molecule has 0 saturated carbocycles. The number of carboxylic acid groups (broad SMARTS) is 1. The van der Waals surface area contributed by atoms with E-state index in [-0.39, 0.29) is 11.9 Å². The van der Waals surface area contributed by atoms with Crippen molar-refractivity contribution in [3.63, 3.8) is 0 Å². The van der Waals surface area contributed by atoms with Crippen LogP contribution in [0.5, 0.6) is 0 Å². The van der Waals surface area contributed by atoms with E-state index >= 15 is 0 Å². The predicted octanol–water partition coefficient (Wildman–Crippen LogP) is 0.784. The van der Waals surface area contributed by atoms with Crippen molar-refractivity contribution in [2.75, 3.05) is 7.11 Å². The number of carboxylic acids is 1. The number of rotatable bonds is 5. The van der Waals surface area contributed by atoms with E-state index in [0.29, 0.717) is 6.42 Å². The zero-order valence-corrected chi connectivity index (χ0v) is 12.7. The van der Waals surface area contributed by atoms with Gasteiger partial charge in [-0.1, -0.05) is 44.2 Å². The first-order valence-electron chi connectivity index (χ1n) is 6.65. The van der Waals surface area contributed by atoms with Crippen LogP contribution in [0.1, 0.15) is 19.4 Å². The third-order valence-electron chi connectivity index (χ3n) is 2.81. The van der Waals surface area contributed by atoms with Crippen LogP contribution in [-0.2, 0) is 20.7 Å². The van der Waals surface area contributed by atoms with Gasteiger partial charge in [-0.15, -0.1) is 0 Å². The van der Waals surface area contributed by atoms with E-state index in [9.17, 15) is 9.59 Å². The molecule has 1 aromatic carbocycles. The lowest BCUT2D eigenvalue weighted by atomic mass is 10.1. The van der Waals surface area contributed by atoms with Crippen molar-refractivity contribution in [3.8, 4) is 0 Å². The fourth-order valence-electron chi connectivity index (χ4n) is 1.36. The van der Waals surface area contributed by atoms with Crippen LogP contribution in [0.25, 0.3) is 0 Å². The minimum absolute atomic E-state index is 0.150. The van der Waals surface area contributed by atoms with Crippen molar-refractivity contribution in [1.29, 1.82) is 0 Å². The molecule has 0 heterocycles. The molecular weight excluding hydrogens is 272 g/mol. The van der Waals surface area contributed by atoms with Crippen LogP contribution >= 0.6 is 0 Å². The maximum atomic E-state index is 10.6. The van der Waals surface area contributed by atoms with Gasteiger partial charge in [0, 0.05) is 0 Å². The van der Waals surface area contributed by atoms with Crippen molar-refractivity contribution < 1.29 is 19.4 Å². The molecule has 0 aliphatic heterocycles. The molecule has 0 bridgehead atoms. The molecule has 0 aliphatic carbocycles. The van der Waals surface area contributed by atoms with Gasteiger partial charge in [0.05, 0.1) is 7.11 Å². The van der Waals surface area contributed by atoms with Gasteiger partial charge in [0.2, 0.25) is 0 Å². The van der Waals surface area contributed by atoms with Gasteiger partial charge < -0.3 is 21.3 Å². The number of carbonyl (C=O) groups excluding carboxylic acids is 1. The number of hydrogen-bond donors (Lipinski definition) is 3. The summed E-state index contributed by atoms with van der Waals surface area (Å²) in [5.74, 6) is -1.15. The van der Waals surface area contributed by atoms with E-state index in [1.54, 1.807) is 0 Å². The minimum Gasteiger partial charge on any atom is -0.480 e. The summed E-state index contributed by atoms with van der Waals surface area (Å²) in [6.45, 7) is 3.75. The Balaban J connectivity index is 0.000000400. The number of nitrogens with two attached hydrogens (primary N) is 2. The number of carbonyl (C=O) groups is 2. The molecule has 0 amide bonds. The Morgan fingerprint density at radius 1 is 1.19 bits per heavy atom. The number of aliphatic carboxylic acids is 1. The first-order chi connectivity index (χ1) is 9.79. The molecular formula is C15H24N2O4. The fraction of sp³-hybridized carbons (Fsp3) is 0.467. The Bertz CT molecular complexity index is 435. The second kappa shape index (κ2) is 9.90. The van der Waals surface area contributed by atoms with E-state index in [4.69, 9.17) is 16.6 Å². The molecule has 118 valence electrons. The lowest BCUT2D eigenvalue weighted by Crippen LogP contribution is -2.36. The van der Waals surface area contributed by atoms with Gasteiger partial charge in [0.25, 0.3) is 0 Å². The van der Waals surface area contributed by atoms with Crippen molar-refractivity contribution in [2.24, 2.45) is 17.4 Å². The summed E-state index contributed by atoms with van der Waals surface area (Å²) in [6.07, 6.45) is 0.385. The third kappa shape index (κ3) is 8.06. The first kappa shape index (κ1) is 19.1. The maximum absolute atomic E-state index is 10.6.